The van der Waals surface area contributed by atoms with Gasteiger partial charge in [-0.25, -0.2) is 8.42 Å². The maximum atomic E-state index is 12.6. The predicted molar refractivity (Wildman–Crippen MR) is 96.7 cm³/mol. The maximum absolute atomic E-state index is 12.6. The van der Waals surface area contributed by atoms with Crippen LogP contribution in [0.5, 0.6) is 0 Å². The average Bonchev–Trinajstić information content (AvgIpc) is 3.18. The van der Waals surface area contributed by atoms with Crippen LogP contribution in [0.2, 0.25) is 0 Å². The first-order valence-corrected chi connectivity index (χ1v) is 9.62. The molecule has 1 aliphatic rings. The van der Waals surface area contributed by atoms with Crippen LogP contribution in [-0.2, 0) is 10.0 Å². The number of amides is 1. The number of nitrogens with zero attached hydrogens (tertiary/aromatic N) is 2. The van der Waals surface area contributed by atoms with Crippen molar-refractivity contribution >= 4 is 21.6 Å². The van der Waals surface area contributed by atoms with Gasteiger partial charge in [0.2, 0.25) is 10.0 Å². The summed E-state index contributed by atoms with van der Waals surface area (Å²) < 4.78 is 26.7. The second-order valence-electron chi connectivity index (χ2n) is 5.97. The van der Waals surface area contributed by atoms with Crippen LogP contribution in [0.25, 0.3) is 0 Å². The summed E-state index contributed by atoms with van der Waals surface area (Å²) >= 11 is 0. The molecule has 0 radical (unpaired) electrons. The number of carbonyl (C=O) groups excluding carboxylic acids is 1. The molecule has 7 heteroatoms. The molecule has 1 aliphatic heterocycles. The van der Waals surface area contributed by atoms with Gasteiger partial charge in [-0.1, -0.05) is 24.3 Å². The summed E-state index contributed by atoms with van der Waals surface area (Å²) in [6.07, 6.45) is 1.75. The molecule has 25 heavy (non-hydrogen) atoms. The topological polar surface area (TPSA) is 69.7 Å². The molecular formula is C18H21N3O3S. The SMILES string of the molecule is CN(NC(=O)c1cccc(S(=O)(=O)N2CCCC2)c1)c1ccccc1. The van der Waals surface area contributed by atoms with E-state index < -0.39 is 10.0 Å². The third kappa shape index (κ3) is 3.83. The fourth-order valence-corrected chi connectivity index (χ4v) is 4.37. The van der Waals surface area contributed by atoms with Crippen LogP contribution < -0.4 is 10.4 Å². The lowest BCUT2D eigenvalue weighted by atomic mass is 10.2. The fraction of sp³-hybridized carbons (Fsp3) is 0.278. The molecule has 2 aromatic carbocycles. The Labute approximate surface area is 148 Å². The van der Waals surface area contributed by atoms with Gasteiger partial charge in [0, 0.05) is 25.7 Å². The van der Waals surface area contributed by atoms with Crippen molar-refractivity contribution in [1.82, 2.24) is 9.73 Å². The smallest absolute Gasteiger partial charge is 0.269 e. The minimum Gasteiger partial charge on any atom is -0.288 e. The highest BCUT2D eigenvalue weighted by Gasteiger charge is 2.27. The lowest BCUT2D eigenvalue weighted by Crippen LogP contribution is -2.39. The minimum absolute atomic E-state index is 0.157. The number of sulfonamides is 1. The Morgan fingerprint density at radius 2 is 1.72 bits per heavy atom. The Hall–Kier alpha value is -2.38. The summed E-state index contributed by atoms with van der Waals surface area (Å²) in [7, 11) is -1.80. The molecule has 2 aromatic rings. The van der Waals surface area contributed by atoms with Gasteiger partial charge < -0.3 is 0 Å². The van der Waals surface area contributed by atoms with E-state index in [1.54, 1.807) is 24.2 Å². The molecule has 0 spiro atoms. The molecule has 0 aliphatic carbocycles. The number of hydrazine groups is 1. The molecule has 1 fully saturated rings. The number of carbonyl (C=O) groups is 1. The molecule has 1 N–H and O–H groups in total. The highest BCUT2D eigenvalue weighted by molar-refractivity contribution is 7.89. The zero-order chi connectivity index (χ0) is 17.9. The zero-order valence-electron chi connectivity index (χ0n) is 14.1. The van der Waals surface area contributed by atoms with Crippen molar-refractivity contribution in [1.29, 1.82) is 0 Å². The quantitative estimate of drug-likeness (QED) is 0.832. The number of hydrogen-bond acceptors (Lipinski definition) is 4. The Bertz CT molecular complexity index is 847. The molecule has 6 nitrogen and oxygen atoms in total. The summed E-state index contributed by atoms with van der Waals surface area (Å²) in [5.41, 5.74) is 3.89. The van der Waals surface area contributed by atoms with Crippen LogP contribution in [0.4, 0.5) is 5.69 Å². The van der Waals surface area contributed by atoms with Gasteiger partial charge in [-0.2, -0.15) is 4.31 Å². The number of nitrogens with one attached hydrogen (secondary N) is 1. The van der Waals surface area contributed by atoms with Crippen molar-refractivity contribution in [3.8, 4) is 0 Å². The summed E-state index contributed by atoms with van der Waals surface area (Å²) in [5.74, 6) is -0.357. The predicted octanol–water partition coefficient (Wildman–Crippen LogP) is 2.25. The third-order valence-corrected chi connectivity index (χ3v) is 6.11. The van der Waals surface area contributed by atoms with Crippen LogP contribution in [0.1, 0.15) is 23.2 Å². The lowest BCUT2D eigenvalue weighted by Gasteiger charge is -2.20. The van der Waals surface area contributed by atoms with Crippen molar-refractivity contribution in [3.63, 3.8) is 0 Å². The Morgan fingerprint density at radius 1 is 1.04 bits per heavy atom. The van der Waals surface area contributed by atoms with Crippen LogP contribution in [0.15, 0.2) is 59.5 Å². The normalized spacial score (nSPS) is 15.1. The molecule has 3 rings (SSSR count). The monoisotopic (exact) mass is 359 g/mol. The zero-order valence-corrected chi connectivity index (χ0v) is 14.9. The Balaban J connectivity index is 1.78. The average molecular weight is 359 g/mol. The minimum atomic E-state index is -3.54. The number of hydrogen-bond donors (Lipinski definition) is 1. The Morgan fingerprint density at radius 3 is 2.40 bits per heavy atom. The lowest BCUT2D eigenvalue weighted by molar-refractivity contribution is 0.0951. The van der Waals surface area contributed by atoms with E-state index in [9.17, 15) is 13.2 Å². The molecule has 1 saturated heterocycles. The second kappa shape index (κ2) is 7.25. The first kappa shape index (κ1) is 17.4. The highest BCUT2D eigenvalue weighted by Crippen LogP contribution is 2.21. The number of benzene rings is 2. The largest absolute Gasteiger partial charge is 0.288 e. The molecular weight excluding hydrogens is 338 g/mol. The van der Waals surface area contributed by atoms with E-state index in [0.717, 1.165) is 18.5 Å². The van der Waals surface area contributed by atoms with Crippen molar-refractivity contribution < 1.29 is 13.2 Å². The van der Waals surface area contributed by atoms with Gasteiger partial charge in [0.05, 0.1) is 10.6 Å². The molecule has 132 valence electrons. The van der Waals surface area contributed by atoms with Gasteiger partial charge >= 0.3 is 0 Å². The van der Waals surface area contributed by atoms with Gasteiger partial charge in [-0.05, 0) is 43.2 Å². The fourth-order valence-electron chi connectivity index (χ4n) is 2.81. The van der Waals surface area contributed by atoms with Crippen molar-refractivity contribution in [2.24, 2.45) is 0 Å². The molecule has 1 heterocycles. The molecule has 1 amide bonds. The maximum Gasteiger partial charge on any atom is 0.269 e. The molecule has 0 saturated carbocycles. The first-order valence-electron chi connectivity index (χ1n) is 8.18. The van der Waals surface area contributed by atoms with Gasteiger partial charge in [-0.3, -0.25) is 15.2 Å². The van der Waals surface area contributed by atoms with Crippen LogP contribution >= 0.6 is 0 Å². The summed E-state index contributed by atoms with van der Waals surface area (Å²) in [4.78, 5) is 12.6. The van der Waals surface area contributed by atoms with Crippen LogP contribution in [-0.4, -0.2) is 38.8 Å². The molecule has 0 bridgehead atoms. The number of rotatable bonds is 5. The van der Waals surface area contributed by atoms with Crippen LogP contribution in [0, 0.1) is 0 Å². The van der Waals surface area contributed by atoms with Gasteiger partial charge in [0.1, 0.15) is 0 Å². The number of para-hydroxylation sites is 1. The van der Waals surface area contributed by atoms with Crippen LogP contribution in [0.3, 0.4) is 0 Å². The van der Waals surface area contributed by atoms with E-state index in [0.29, 0.717) is 18.7 Å². The summed E-state index contributed by atoms with van der Waals surface area (Å²) in [6, 6.07) is 15.6. The van der Waals surface area contributed by atoms with E-state index in [1.165, 1.54) is 16.4 Å². The van der Waals surface area contributed by atoms with E-state index in [2.05, 4.69) is 5.43 Å². The van der Waals surface area contributed by atoms with Crippen molar-refractivity contribution in [2.75, 3.05) is 25.1 Å². The van der Waals surface area contributed by atoms with E-state index in [4.69, 9.17) is 0 Å². The standard InChI is InChI=1S/C18H21N3O3S/c1-20(16-9-3-2-4-10-16)19-18(22)15-8-7-11-17(14-15)25(23,24)21-12-5-6-13-21/h2-4,7-11,14H,5-6,12-13H2,1H3,(H,19,22). The van der Waals surface area contributed by atoms with Crippen molar-refractivity contribution in [3.05, 3.63) is 60.2 Å². The highest BCUT2D eigenvalue weighted by atomic mass is 32.2. The summed E-state index contributed by atoms with van der Waals surface area (Å²) in [6.45, 7) is 1.07. The van der Waals surface area contributed by atoms with E-state index in [1.807, 2.05) is 30.3 Å². The van der Waals surface area contributed by atoms with E-state index >= 15 is 0 Å². The van der Waals surface area contributed by atoms with Gasteiger partial charge in [0.15, 0.2) is 0 Å². The van der Waals surface area contributed by atoms with Crippen molar-refractivity contribution in [2.45, 2.75) is 17.7 Å². The third-order valence-electron chi connectivity index (χ3n) is 4.21. The number of anilines is 1. The molecule has 0 atom stereocenters. The molecule has 0 unspecified atom stereocenters. The van der Waals surface area contributed by atoms with Gasteiger partial charge in [-0.15, -0.1) is 0 Å². The van der Waals surface area contributed by atoms with Gasteiger partial charge in [0.25, 0.3) is 5.91 Å². The first-order chi connectivity index (χ1) is 12.0. The van der Waals surface area contributed by atoms with E-state index in [-0.39, 0.29) is 10.8 Å². The molecule has 0 aromatic heterocycles. The summed E-state index contributed by atoms with van der Waals surface area (Å²) in [5, 5.41) is 1.60. The Kier molecular flexibility index (Phi) is 5.06. The second-order valence-corrected chi connectivity index (χ2v) is 7.91.